The molecule has 0 radical (unpaired) electrons. The van der Waals surface area contributed by atoms with Crippen LogP contribution in [0.25, 0.3) is 0 Å². The molecule has 1 unspecified atom stereocenters. The number of carbonyl (C=O) groups is 3. The molecule has 2 aromatic rings. The number of amides is 3. The monoisotopic (exact) mass is 534 g/mol. The Bertz CT molecular complexity index is 1230. The fourth-order valence-corrected chi connectivity index (χ4v) is 4.96. The Morgan fingerprint density at radius 2 is 1.69 bits per heavy atom. The molecule has 1 atom stereocenters. The number of nitrogens with zero attached hydrogens (tertiary/aromatic N) is 3. The van der Waals surface area contributed by atoms with Gasteiger partial charge in [-0.1, -0.05) is 23.7 Å². The van der Waals surface area contributed by atoms with E-state index in [1.54, 1.807) is 24.3 Å². The summed E-state index contributed by atoms with van der Waals surface area (Å²) in [5.74, 6) is -1.28. The second-order valence-electron chi connectivity index (χ2n) is 8.67. The zero-order valence-electron chi connectivity index (χ0n) is 19.5. The Labute approximate surface area is 214 Å². The van der Waals surface area contributed by atoms with Crippen molar-refractivity contribution in [1.82, 2.24) is 9.80 Å². The minimum Gasteiger partial charge on any atom is -0.379 e. The van der Waals surface area contributed by atoms with Gasteiger partial charge in [0.1, 0.15) is 6.04 Å². The molecule has 2 N–H and O–H groups in total. The molecule has 0 spiro atoms. The number of anilines is 1. The second-order valence-corrected chi connectivity index (χ2v) is 10.7. The highest BCUT2D eigenvalue weighted by Gasteiger charge is 2.44. The maximum Gasteiger partial charge on any atom is 0.257 e. The van der Waals surface area contributed by atoms with Crippen LogP contribution in [0.1, 0.15) is 12.0 Å². The topological polar surface area (TPSA) is 130 Å². The van der Waals surface area contributed by atoms with E-state index in [2.05, 4.69) is 4.90 Å². The number of hydrogen-bond acceptors (Lipinski definition) is 7. The zero-order chi connectivity index (χ0) is 25.9. The van der Waals surface area contributed by atoms with Crippen LogP contribution in [0.2, 0.25) is 5.02 Å². The summed E-state index contributed by atoms with van der Waals surface area (Å²) < 4.78 is 28.5. The predicted octanol–water partition coefficient (Wildman–Crippen LogP) is 1.02. The first kappa shape index (κ1) is 26.2. The molecule has 12 heteroatoms. The van der Waals surface area contributed by atoms with Crippen LogP contribution < -0.4 is 10.0 Å². The SMILES string of the molecule is NS(=O)(=O)c1ccc(N2C(=O)CC(N(CCN3CCOCC3)C(=O)Cc3ccc(Cl)cc3)C2=O)cc1. The van der Waals surface area contributed by atoms with Gasteiger partial charge in [-0.05, 0) is 42.0 Å². The molecular weight excluding hydrogens is 508 g/mol. The third-order valence-electron chi connectivity index (χ3n) is 6.27. The van der Waals surface area contributed by atoms with Gasteiger partial charge in [-0.25, -0.2) is 18.5 Å². The van der Waals surface area contributed by atoms with Crippen LogP contribution in [0, 0.1) is 0 Å². The van der Waals surface area contributed by atoms with Crippen LogP contribution in [0.15, 0.2) is 53.4 Å². The quantitative estimate of drug-likeness (QED) is 0.500. The van der Waals surface area contributed by atoms with E-state index in [4.69, 9.17) is 21.5 Å². The van der Waals surface area contributed by atoms with Crippen LogP contribution >= 0.6 is 11.6 Å². The van der Waals surface area contributed by atoms with Gasteiger partial charge in [-0.15, -0.1) is 0 Å². The molecule has 10 nitrogen and oxygen atoms in total. The molecule has 0 saturated carbocycles. The molecular formula is C24H27ClN4O6S. The molecule has 4 rings (SSSR count). The molecule has 192 valence electrons. The van der Waals surface area contributed by atoms with Crippen LogP contribution in [0.4, 0.5) is 5.69 Å². The van der Waals surface area contributed by atoms with Crippen molar-refractivity contribution < 1.29 is 27.5 Å². The summed E-state index contributed by atoms with van der Waals surface area (Å²) in [4.78, 5) is 44.2. The van der Waals surface area contributed by atoms with Crippen molar-refractivity contribution in [1.29, 1.82) is 0 Å². The summed E-state index contributed by atoms with van der Waals surface area (Å²) in [5.41, 5.74) is 0.964. The van der Waals surface area contributed by atoms with Crippen LogP contribution in [0.5, 0.6) is 0 Å². The first-order chi connectivity index (χ1) is 17.1. The average Bonchev–Trinajstić information content (AvgIpc) is 3.14. The Balaban J connectivity index is 1.55. The molecule has 2 aliphatic heterocycles. The van der Waals surface area contributed by atoms with E-state index >= 15 is 0 Å². The van der Waals surface area contributed by atoms with Crippen molar-refractivity contribution in [2.24, 2.45) is 5.14 Å². The van der Waals surface area contributed by atoms with Crippen molar-refractivity contribution in [3.8, 4) is 0 Å². The number of imide groups is 1. The zero-order valence-corrected chi connectivity index (χ0v) is 21.1. The van der Waals surface area contributed by atoms with E-state index in [1.165, 1.54) is 29.2 Å². The molecule has 36 heavy (non-hydrogen) atoms. The van der Waals surface area contributed by atoms with Crippen LogP contribution in [-0.2, 0) is 35.6 Å². The van der Waals surface area contributed by atoms with Gasteiger partial charge in [0.25, 0.3) is 5.91 Å². The molecule has 2 aliphatic rings. The minimum atomic E-state index is -3.92. The van der Waals surface area contributed by atoms with Gasteiger partial charge in [-0.2, -0.15) is 0 Å². The molecule has 2 heterocycles. The number of ether oxygens (including phenoxy) is 1. The number of nitrogens with two attached hydrogens (primary N) is 1. The number of morpholine rings is 1. The average molecular weight is 535 g/mol. The molecule has 0 aromatic heterocycles. The molecule has 0 bridgehead atoms. The van der Waals surface area contributed by atoms with Crippen molar-refractivity contribution >= 4 is 45.0 Å². The van der Waals surface area contributed by atoms with Gasteiger partial charge in [0.2, 0.25) is 21.8 Å². The van der Waals surface area contributed by atoms with Gasteiger partial charge < -0.3 is 9.64 Å². The van der Waals surface area contributed by atoms with E-state index in [-0.39, 0.29) is 35.9 Å². The molecule has 0 aliphatic carbocycles. The van der Waals surface area contributed by atoms with Crippen LogP contribution in [-0.4, -0.2) is 81.4 Å². The van der Waals surface area contributed by atoms with E-state index in [0.717, 1.165) is 23.6 Å². The highest BCUT2D eigenvalue weighted by Crippen LogP contribution is 2.27. The molecule has 2 fully saturated rings. The summed E-state index contributed by atoms with van der Waals surface area (Å²) in [6, 6.07) is 11.1. The first-order valence-electron chi connectivity index (χ1n) is 11.5. The number of carbonyl (C=O) groups excluding carboxylic acids is 3. The highest BCUT2D eigenvalue weighted by atomic mass is 35.5. The molecule has 2 saturated heterocycles. The van der Waals surface area contributed by atoms with E-state index < -0.39 is 27.9 Å². The van der Waals surface area contributed by atoms with Gasteiger partial charge in [0, 0.05) is 31.2 Å². The lowest BCUT2D eigenvalue weighted by molar-refractivity contribution is -0.138. The Hall–Kier alpha value is -2.83. The fraction of sp³-hybridized carbons (Fsp3) is 0.375. The lowest BCUT2D eigenvalue weighted by atomic mass is 10.1. The van der Waals surface area contributed by atoms with Gasteiger partial charge in [-0.3, -0.25) is 19.3 Å². The van der Waals surface area contributed by atoms with Gasteiger partial charge in [0.15, 0.2) is 0 Å². The van der Waals surface area contributed by atoms with Crippen LogP contribution in [0.3, 0.4) is 0 Å². The number of rotatable bonds is 8. The number of sulfonamides is 1. The smallest absolute Gasteiger partial charge is 0.257 e. The maximum atomic E-state index is 13.4. The fourth-order valence-electron chi connectivity index (χ4n) is 4.32. The number of primary sulfonamides is 1. The first-order valence-corrected chi connectivity index (χ1v) is 13.4. The van der Waals surface area contributed by atoms with Crippen molar-refractivity contribution in [2.75, 3.05) is 44.3 Å². The Morgan fingerprint density at radius 3 is 2.31 bits per heavy atom. The normalized spacial score (nSPS) is 19.1. The van der Waals surface area contributed by atoms with Crippen molar-refractivity contribution in [2.45, 2.75) is 23.8 Å². The summed E-state index contributed by atoms with van der Waals surface area (Å²) in [5, 5.41) is 5.69. The number of benzene rings is 2. The number of hydrogen-bond donors (Lipinski definition) is 1. The maximum absolute atomic E-state index is 13.4. The highest BCUT2D eigenvalue weighted by molar-refractivity contribution is 7.89. The van der Waals surface area contributed by atoms with Gasteiger partial charge in [0.05, 0.1) is 36.6 Å². The minimum absolute atomic E-state index is 0.0569. The summed E-state index contributed by atoms with van der Waals surface area (Å²) >= 11 is 5.96. The summed E-state index contributed by atoms with van der Waals surface area (Å²) in [6.45, 7) is 3.45. The van der Waals surface area contributed by atoms with E-state index in [1.807, 2.05) is 0 Å². The Kier molecular flexibility index (Phi) is 8.06. The molecule has 2 aromatic carbocycles. The molecule has 3 amide bonds. The summed E-state index contributed by atoms with van der Waals surface area (Å²) in [6.07, 6.45) is -0.105. The van der Waals surface area contributed by atoms with E-state index in [0.29, 0.717) is 24.8 Å². The predicted molar refractivity (Wildman–Crippen MR) is 133 cm³/mol. The van der Waals surface area contributed by atoms with Gasteiger partial charge >= 0.3 is 0 Å². The Morgan fingerprint density at radius 1 is 1.06 bits per heavy atom. The van der Waals surface area contributed by atoms with Crippen molar-refractivity contribution in [3.05, 3.63) is 59.1 Å². The lowest BCUT2D eigenvalue weighted by Gasteiger charge is -2.32. The second kappa shape index (κ2) is 11.1. The van der Waals surface area contributed by atoms with E-state index in [9.17, 15) is 22.8 Å². The summed E-state index contributed by atoms with van der Waals surface area (Å²) in [7, 11) is -3.92. The lowest BCUT2D eigenvalue weighted by Crippen LogP contribution is -2.50. The largest absolute Gasteiger partial charge is 0.379 e. The third-order valence-corrected chi connectivity index (χ3v) is 7.45. The standard InChI is InChI=1S/C24H27ClN4O6S/c25-18-3-1-17(2-4-18)15-22(30)28(10-9-27-11-13-35-14-12-27)21-16-23(31)29(24(21)32)19-5-7-20(8-6-19)36(26,33)34/h1-8,21H,9-16H2,(H2,26,33,34). The third kappa shape index (κ3) is 6.11. The number of halogens is 1. The van der Waals surface area contributed by atoms with Crippen molar-refractivity contribution in [3.63, 3.8) is 0 Å².